The number of anilines is 6. The number of hydrogen-bond donors (Lipinski definition) is 0. The molecule has 0 spiro atoms. The first-order valence-electron chi connectivity index (χ1n) is 33.9. The van der Waals surface area contributed by atoms with Gasteiger partial charge in [0.15, 0.2) is 0 Å². The fourth-order valence-corrected chi connectivity index (χ4v) is 14.7. The molecule has 0 aliphatic rings. The van der Waals surface area contributed by atoms with Crippen LogP contribution in [0.5, 0.6) is 0 Å². The van der Waals surface area contributed by atoms with Gasteiger partial charge < -0.3 is 28.4 Å². The summed E-state index contributed by atoms with van der Waals surface area (Å²) < 4.78 is 7.21. The normalized spacial score (nSPS) is 11.4. The lowest BCUT2D eigenvalue weighted by molar-refractivity contribution is 1.17. The molecule has 0 aliphatic carbocycles. The topological polar surface area (TPSA) is 24.5 Å². The van der Waals surface area contributed by atoms with Gasteiger partial charge in [0.2, 0.25) is 0 Å². The fraction of sp³-hybridized carbons (Fsp3) is 0.0323. The van der Waals surface area contributed by atoms with Gasteiger partial charge in [-0.25, -0.2) is 0 Å². The first kappa shape index (κ1) is 59.8. The van der Waals surface area contributed by atoms with E-state index in [1.807, 2.05) is 6.07 Å². The Morgan fingerprint density at radius 1 is 0.182 bits per heavy atom. The second kappa shape index (κ2) is 25.7. The minimum Gasteiger partial charge on any atom is -0.345 e. The molecule has 0 amide bonds. The van der Waals surface area contributed by atoms with Gasteiger partial charge in [0, 0.05) is 121 Å². The number of nitrogens with zero attached hydrogens (tertiary/aromatic N) is 6. The quantitative estimate of drug-likeness (QED) is 0.136. The predicted octanol–water partition coefficient (Wildman–Crippen LogP) is 24.8. The Balaban J connectivity index is 0.000000112. The molecule has 0 atom stereocenters. The van der Waals surface area contributed by atoms with E-state index < -0.39 is 0 Å². The Morgan fingerprint density at radius 3 is 0.889 bits per heavy atom. The van der Waals surface area contributed by atoms with Gasteiger partial charge in [-0.1, -0.05) is 243 Å². The third-order valence-corrected chi connectivity index (χ3v) is 19.8. The fourth-order valence-electron chi connectivity index (χ4n) is 14.7. The summed E-state index contributed by atoms with van der Waals surface area (Å²) in [5, 5.41) is 15.3. The van der Waals surface area contributed by atoms with Crippen LogP contribution in [0.15, 0.2) is 370 Å². The van der Waals surface area contributed by atoms with Crippen LogP contribution >= 0.6 is 0 Å². The Labute approximate surface area is 576 Å². The molecular weight excluding hydrogens is 1200 g/mol. The largest absolute Gasteiger partial charge is 0.345 e. The van der Waals surface area contributed by atoms with Crippen molar-refractivity contribution in [2.75, 3.05) is 35.8 Å². The average Bonchev–Trinajstić information content (AvgIpc) is 1.59. The van der Waals surface area contributed by atoms with E-state index >= 15 is 0 Å². The number of benzene rings is 16. The van der Waals surface area contributed by atoms with E-state index in [-0.39, 0.29) is 0 Å². The number of aromatic nitrogens is 3. The van der Waals surface area contributed by atoms with Crippen LogP contribution in [-0.4, -0.2) is 34.8 Å². The molecule has 0 fully saturated rings. The zero-order chi connectivity index (χ0) is 66.3. The van der Waals surface area contributed by atoms with Crippen molar-refractivity contribution in [2.24, 2.45) is 0 Å². The highest BCUT2D eigenvalue weighted by atomic mass is 15.1. The molecule has 0 bridgehead atoms. The lowest BCUT2D eigenvalue weighted by atomic mass is 10.0. The van der Waals surface area contributed by atoms with E-state index in [4.69, 9.17) is 0 Å². The third kappa shape index (κ3) is 10.9. The highest BCUT2D eigenvalue weighted by Crippen LogP contribution is 2.43. The molecule has 19 aromatic rings. The Kier molecular flexibility index (Phi) is 15.5. The zero-order valence-corrected chi connectivity index (χ0v) is 55.4. The van der Waals surface area contributed by atoms with Crippen molar-refractivity contribution in [2.45, 2.75) is 0 Å². The standard InChI is InChI=1S/C35H26N2.2C29H22N2/c1-36(28-19-16-26(17-20-28)25-10-4-2-5-11-25)30-21-23-34-33(24-30)32-22-18-27-12-8-9-15-31(27)35(32)37(34)29-13-6-3-7-14-29;1-30(22-11-4-2-5-12-22)24-17-19-28-27(20-24)26-18-16-21-10-8-9-15-25(21)29(26)31(28)23-13-6-3-7-14-23;1-30(22-10-3-2-4-11-22)23-16-18-24(19-17-23)31-28-14-8-7-13-26(28)27-20-15-21-9-5-6-12-25(21)29(27)31/h2-24H,1H3;2*2-20H,1H3. The molecule has 0 unspecified atom stereocenters. The summed E-state index contributed by atoms with van der Waals surface area (Å²) in [6.07, 6.45) is 0. The zero-order valence-electron chi connectivity index (χ0n) is 55.4. The summed E-state index contributed by atoms with van der Waals surface area (Å²) >= 11 is 0. The van der Waals surface area contributed by atoms with Gasteiger partial charge in [0.1, 0.15) is 0 Å². The minimum atomic E-state index is 1.16. The number of para-hydroxylation sites is 5. The van der Waals surface area contributed by atoms with Crippen LogP contribution in [0.1, 0.15) is 0 Å². The molecule has 6 nitrogen and oxygen atoms in total. The maximum absolute atomic E-state index is 2.41. The third-order valence-electron chi connectivity index (χ3n) is 19.8. The van der Waals surface area contributed by atoms with Crippen LogP contribution in [0.3, 0.4) is 0 Å². The van der Waals surface area contributed by atoms with Crippen molar-refractivity contribution in [3.63, 3.8) is 0 Å². The molecule has 16 aromatic carbocycles. The van der Waals surface area contributed by atoms with Gasteiger partial charge in [-0.2, -0.15) is 0 Å². The molecular formula is C93H70N6. The van der Waals surface area contributed by atoms with Crippen LogP contribution in [0, 0.1) is 0 Å². The summed E-state index contributed by atoms with van der Waals surface area (Å²) in [4.78, 5) is 6.72. The van der Waals surface area contributed by atoms with E-state index in [2.05, 4.69) is 414 Å². The van der Waals surface area contributed by atoms with Crippen molar-refractivity contribution < 1.29 is 0 Å². The van der Waals surface area contributed by atoms with E-state index in [1.165, 1.54) is 154 Å². The average molecular weight is 1270 g/mol. The molecule has 19 rings (SSSR count). The molecule has 99 heavy (non-hydrogen) atoms. The van der Waals surface area contributed by atoms with E-state index in [1.54, 1.807) is 0 Å². The van der Waals surface area contributed by atoms with Crippen molar-refractivity contribution in [1.82, 2.24) is 13.7 Å². The molecule has 0 aliphatic heterocycles. The smallest absolute Gasteiger partial charge is 0.0619 e. The molecule has 472 valence electrons. The lowest BCUT2D eigenvalue weighted by Gasteiger charge is -2.20. The van der Waals surface area contributed by atoms with Crippen LogP contribution in [-0.2, 0) is 0 Å². The molecule has 6 heteroatoms. The first-order valence-corrected chi connectivity index (χ1v) is 33.9. The molecule has 0 saturated carbocycles. The highest BCUT2D eigenvalue weighted by molar-refractivity contribution is 6.21. The van der Waals surface area contributed by atoms with Crippen molar-refractivity contribution >= 4 is 132 Å². The van der Waals surface area contributed by atoms with Gasteiger partial charge in [-0.15, -0.1) is 0 Å². The summed E-state index contributed by atoms with van der Waals surface area (Å²) in [6.45, 7) is 0. The van der Waals surface area contributed by atoms with Gasteiger partial charge in [0.05, 0.1) is 33.1 Å². The molecule has 0 saturated heterocycles. The Hall–Kier alpha value is -12.9. The molecule has 3 aromatic heterocycles. The Morgan fingerprint density at radius 2 is 0.465 bits per heavy atom. The molecule has 0 N–H and O–H groups in total. The maximum Gasteiger partial charge on any atom is 0.0619 e. The summed E-state index contributed by atoms with van der Waals surface area (Å²) in [5.41, 5.74) is 20.5. The maximum atomic E-state index is 2.41. The van der Waals surface area contributed by atoms with Crippen LogP contribution in [0.2, 0.25) is 0 Å². The van der Waals surface area contributed by atoms with Gasteiger partial charge in [-0.3, -0.25) is 0 Å². The number of hydrogen-bond acceptors (Lipinski definition) is 3. The van der Waals surface area contributed by atoms with Crippen molar-refractivity contribution in [1.29, 1.82) is 0 Å². The second-order valence-electron chi connectivity index (χ2n) is 25.4. The van der Waals surface area contributed by atoms with E-state index in [0.29, 0.717) is 0 Å². The summed E-state index contributed by atoms with van der Waals surface area (Å²) in [7, 11) is 6.38. The highest BCUT2D eigenvalue weighted by Gasteiger charge is 2.20. The van der Waals surface area contributed by atoms with Gasteiger partial charge in [-0.05, 0) is 155 Å². The number of fused-ring (bicyclic) bond motifs is 15. The monoisotopic (exact) mass is 1270 g/mol. The van der Waals surface area contributed by atoms with Gasteiger partial charge >= 0.3 is 0 Å². The van der Waals surface area contributed by atoms with E-state index in [9.17, 15) is 0 Å². The van der Waals surface area contributed by atoms with Crippen LogP contribution in [0.4, 0.5) is 34.1 Å². The summed E-state index contributed by atoms with van der Waals surface area (Å²) in [5.74, 6) is 0. The SMILES string of the molecule is CN(c1ccc(-c2ccccc2)cc1)c1ccc2c(c1)c1ccc3ccccc3c1n2-c1ccccc1.CN(c1ccccc1)c1ccc(-n2c3ccccc3c3ccc4ccccc4c32)cc1.CN(c1ccccc1)c1ccc2c(c1)c1ccc3ccccc3c1n2-c1ccccc1. The second-order valence-corrected chi connectivity index (χ2v) is 25.4. The van der Waals surface area contributed by atoms with Crippen LogP contribution in [0.25, 0.3) is 126 Å². The minimum absolute atomic E-state index is 1.16. The van der Waals surface area contributed by atoms with Crippen LogP contribution < -0.4 is 14.7 Å². The van der Waals surface area contributed by atoms with Crippen molar-refractivity contribution in [3.05, 3.63) is 370 Å². The first-order chi connectivity index (χ1) is 48.9. The lowest BCUT2D eigenvalue weighted by Crippen LogP contribution is -2.09. The van der Waals surface area contributed by atoms with E-state index in [0.717, 1.165) is 5.69 Å². The number of rotatable bonds is 10. The molecule has 0 radical (unpaired) electrons. The van der Waals surface area contributed by atoms with Gasteiger partial charge in [0.25, 0.3) is 0 Å². The predicted molar refractivity (Wildman–Crippen MR) is 424 cm³/mol. The Bertz CT molecular complexity index is 6120. The summed E-state index contributed by atoms with van der Waals surface area (Å²) in [6, 6.07) is 132. The molecule has 3 heterocycles. The van der Waals surface area contributed by atoms with Crippen molar-refractivity contribution in [3.8, 4) is 28.2 Å².